The minimum Gasteiger partial charge on any atom is -0.378 e. The maximum absolute atomic E-state index is 6.12. The molecule has 0 heterocycles. The molecule has 2 rings (SSSR count). The van der Waals surface area contributed by atoms with Gasteiger partial charge in [-0.1, -0.05) is 34.1 Å². The predicted octanol–water partition coefficient (Wildman–Crippen LogP) is 4.02. The molecule has 0 radical (unpaired) electrons. The summed E-state index contributed by atoms with van der Waals surface area (Å²) in [5.74, 6) is 0.911. The standard InChI is InChI=1S/C14H26O/c1-5-6-9-15-12-10-11-7-8-14(12,4)13(11,2)3/h11-12H,5-10H2,1-4H3/t11-,12?,14-/m1/s1. The molecular formula is C14H26O. The zero-order chi connectivity index (χ0) is 11.1. The third-order valence-corrected chi connectivity index (χ3v) is 5.53. The molecule has 3 atom stereocenters. The molecule has 2 fully saturated rings. The second-order valence-corrected chi connectivity index (χ2v) is 6.32. The average Bonchev–Trinajstić information content (AvgIpc) is 2.51. The van der Waals surface area contributed by atoms with Crippen molar-refractivity contribution in [3.8, 4) is 0 Å². The smallest absolute Gasteiger partial charge is 0.0636 e. The summed E-state index contributed by atoms with van der Waals surface area (Å²) in [6, 6.07) is 0. The largest absolute Gasteiger partial charge is 0.378 e. The highest BCUT2D eigenvalue weighted by molar-refractivity contribution is 5.11. The van der Waals surface area contributed by atoms with Crippen LogP contribution >= 0.6 is 0 Å². The van der Waals surface area contributed by atoms with Crippen molar-refractivity contribution < 1.29 is 4.74 Å². The lowest BCUT2D eigenvalue weighted by molar-refractivity contribution is -0.0472. The van der Waals surface area contributed by atoms with Gasteiger partial charge in [0.05, 0.1) is 6.10 Å². The predicted molar refractivity (Wildman–Crippen MR) is 63.9 cm³/mol. The topological polar surface area (TPSA) is 9.23 Å². The van der Waals surface area contributed by atoms with Gasteiger partial charge in [0, 0.05) is 6.61 Å². The van der Waals surface area contributed by atoms with Crippen molar-refractivity contribution >= 4 is 0 Å². The zero-order valence-corrected chi connectivity index (χ0v) is 10.8. The highest BCUT2D eigenvalue weighted by Crippen LogP contribution is 2.66. The molecule has 2 aliphatic rings. The summed E-state index contributed by atoms with van der Waals surface area (Å²) < 4.78 is 6.12. The van der Waals surface area contributed by atoms with E-state index < -0.39 is 0 Å². The third kappa shape index (κ3) is 1.54. The van der Waals surface area contributed by atoms with Crippen LogP contribution in [0.3, 0.4) is 0 Å². The molecule has 1 heteroatoms. The molecule has 0 aromatic carbocycles. The van der Waals surface area contributed by atoms with Crippen molar-refractivity contribution in [2.24, 2.45) is 16.7 Å². The Hall–Kier alpha value is -0.0400. The minimum atomic E-state index is 0.450. The van der Waals surface area contributed by atoms with Crippen LogP contribution in [0.2, 0.25) is 0 Å². The molecule has 0 spiro atoms. The van der Waals surface area contributed by atoms with E-state index in [0.717, 1.165) is 12.5 Å². The summed E-state index contributed by atoms with van der Waals surface area (Å²) in [5.41, 5.74) is 0.954. The third-order valence-electron chi connectivity index (χ3n) is 5.53. The van der Waals surface area contributed by atoms with Crippen molar-refractivity contribution in [2.75, 3.05) is 6.61 Å². The maximum Gasteiger partial charge on any atom is 0.0636 e. The fourth-order valence-corrected chi connectivity index (χ4v) is 3.75. The summed E-state index contributed by atoms with van der Waals surface area (Å²) in [6.07, 6.45) is 7.12. The van der Waals surface area contributed by atoms with E-state index in [0.29, 0.717) is 16.9 Å². The van der Waals surface area contributed by atoms with Gasteiger partial charge in [-0.25, -0.2) is 0 Å². The Balaban J connectivity index is 1.99. The van der Waals surface area contributed by atoms with E-state index in [4.69, 9.17) is 4.74 Å². The van der Waals surface area contributed by atoms with Crippen LogP contribution in [-0.4, -0.2) is 12.7 Å². The lowest BCUT2D eigenvalue weighted by Gasteiger charge is -2.38. The van der Waals surface area contributed by atoms with E-state index in [1.165, 1.54) is 32.1 Å². The molecule has 0 N–H and O–H groups in total. The highest BCUT2D eigenvalue weighted by atomic mass is 16.5. The second-order valence-electron chi connectivity index (χ2n) is 6.32. The SMILES string of the molecule is CCCCOC1C[C@H]2CC[C@@]1(C)C2(C)C. The van der Waals surface area contributed by atoms with Gasteiger partial charge in [0.2, 0.25) is 0 Å². The first-order valence-corrected chi connectivity index (χ1v) is 6.64. The summed E-state index contributed by atoms with van der Waals surface area (Å²) in [4.78, 5) is 0. The van der Waals surface area contributed by atoms with Gasteiger partial charge >= 0.3 is 0 Å². The maximum atomic E-state index is 6.12. The number of ether oxygens (including phenoxy) is 1. The van der Waals surface area contributed by atoms with E-state index in [2.05, 4.69) is 27.7 Å². The summed E-state index contributed by atoms with van der Waals surface area (Å²) in [6.45, 7) is 10.6. The lowest BCUT2D eigenvalue weighted by atomic mass is 9.70. The molecule has 2 saturated carbocycles. The van der Waals surface area contributed by atoms with Crippen LogP contribution in [-0.2, 0) is 4.74 Å². The highest BCUT2D eigenvalue weighted by Gasteiger charge is 2.61. The van der Waals surface area contributed by atoms with Crippen LogP contribution < -0.4 is 0 Å². The molecule has 88 valence electrons. The van der Waals surface area contributed by atoms with E-state index in [1.807, 2.05) is 0 Å². The zero-order valence-electron chi connectivity index (χ0n) is 10.8. The normalized spacial score (nSPS) is 42.4. The number of unbranched alkanes of at least 4 members (excludes halogenated alkanes) is 1. The van der Waals surface area contributed by atoms with E-state index >= 15 is 0 Å². The van der Waals surface area contributed by atoms with E-state index in [-0.39, 0.29) is 0 Å². The first-order valence-electron chi connectivity index (χ1n) is 6.64. The Morgan fingerprint density at radius 1 is 1.27 bits per heavy atom. The van der Waals surface area contributed by atoms with Crippen LogP contribution in [0, 0.1) is 16.7 Å². The minimum absolute atomic E-state index is 0.450. The number of fused-ring (bicyclic) bond motifs is 2. The lowest BCUT2D eigenvalue weighted by Crippen LogP contribution is -2.37. The number of hydrogen-bond donors (Lipinski definition) is 0. The van der Waals surface area contributed by atoms with Gasteiger partial charge < -0.3 is 4.74 Å². The van der Waals surface area contributed by atoms with E-state index in [1.54, 1.807) is 0 Å². The van der Waals surface area contributed by atoms with Gasteiger partial charge in [-0.15, -0.1) is 0 Å². The van der Waals surface area contributed by atoms with Crippen molar-refractivity contribution in [1.29, 1.82) is 0 Å². The number of hydrogen-bond acceptors (Lipinski definition) is 1. The quantitative estimate of drug-likeness (QED) is 0.637. The van der Waals surface area contributed by atoms with Crippen molar-refractivity contribution in [3.63, 3.8) is 0 Å². The first-order chi connectivity index (χ1) is 7.02. The molecule has 0 saturated heterocycles. The van der Waals surface area contributed by atoms with Crippen molar-refractivity contribution in [1.82, 2.24) is 0 Å². The summed E-state index contributed by atoms with van der Waals surface area (Å²) >= 11 is 0. The molecule has 0 aromatic rings. The summed E-state index contributed by atoms with van der Waals surface area (Å²) in [5, 5.41) is 0. The number of rotatable bonds is 4. The molecule has 0 amide bonds. The Labute approximate surface area is 94.6 Å². The molecule has 1 unspecified atom stereocenters. The average molecular weight is 210 g/mol. The van der Waals surface area contributed by atoms with Crippen LogP contribution in [0.15, 0.2) is 0 Å². The fourth-order valence-electron chi connectivity index (χ4n) is 3.75. The Morgan fingerprint density at radius 2 is 2.00 bits per heavy atom. The van der Waals surface area contributed by atoms with Gasteiger partial charge in [-0.05, 0) is 42.4 Å². The summed E-state index contributed by atoms with van der Waals surface area (Å²) in [7, 11) is 0. The van der Waals surface area contributed by atoms with Crippen molar-refractivity contribution in [2.45, 2.75) is 65.9 Å². The molecule has 2 bridgehead atoms. The van der Waals surface area contributed by atoms with Crippen LogP contribution in [0.1, 0.15) is 59.8 Å². The molecule has 2 aliphatic carbocycles. The Morgan fingerprint density at radius 3 is 2.47 bits per heavy atom. The second kappa shape index (κ2) is 3.76. The Kier molecular flexibility index (Phi) is 2.87. The molecule has 15 heavy (non-hydrogen) atoms. The van der Waals surface area contributed by atoms with Crippen molar-refractivity contribution in [3.05, 3.63) is 0 Å². The van der Waals surface area contributed by atoms with Crippen LogP contribution in [0.4, 0.5) is 0 Å². The van der Waals surface area contributed by atoms with Gasteiger partial charge in [-0.2, -0.15) is 0 Å². The molecular weight excluding hydrogens is 184 g/mol. The monoisotopic (exact) mass is 210 g/mol. The van der Waals surface area contributed by atoms with Gasteiger partial charge in [-0.3, -0.25) is 0 Å². The van der Waals surface area contributed by atoms with Crippen LogP contribution in [0.5, 0.6) is 0 Å². The van der Waals surface area contributed by atoms with Gasteiger partial charge in [0.25, 0.3) is 0 Å². The van der Waals surface area contributed by atoms with Gasteiger partial charge in [0.15, 0.2) is 0 Å². The molecule has 0 aliphatic heterocycles. The van der Waals surface area contributed by atoms with E-state index in [9.17, 15) is 0 Å². The molecule has 0 aromatic heterocycles. The first kappa shape index (κ1) is 11.4. The fraction of sp³-hybridized carbons (Fsp3) is 1.00. The molecule has 1 nitrogen and oxygen atoms in total. The Bertz CT molecular complexity index is 233. The van der Waals surface area contributed by atoms with Crippen LogP contribution in [0.25, 0.3) is 0 Å². The van der Waals surface area contributed by atoms with Gasteiger partial charge in [0.1, 0.15) is 0 Å².